The van der Waals surface area contributed by atoms with E-state index in [2.05, 4.69) is 62.4 Å². The zero-order valence-corrected chi connectivity index (χ0v) is 12.5. The molecule has 0 radical (unpaired) electrons. The summed E-state index contributed by atoms with van der Waals surface area (Å²) in [4.78, 5) is 11.9. The Kier molecular flexibility index (Phi) is 4.39. The molecule has 0 N–H and O–H groups in total. The molecule has 0 aliphatic carbocycles. The van der Waals surface area contributed by atoms with Gasteiger partial charge in [-0.25, -0.2) is 0 Å². The van der Waals surface area contributed by atoms with E-state index in [0.717, 1.165) is 0 Å². The first-order chi connectivity index (χ1) is 9.57. The van der Waals surface area contributed by atoms with Crippen LogP contribution < -0.4 is 0 Å². The maximum absolute atomic E-state index is 11.9. The highest BCUT2D eigenvalue weighted by atomic mass is 16.1. The van der Waals surface area contributed by atoms with E-state index in [1.54, 1.807) is 6.92 Å². The Bertz CT molecular complexity index is 515. The van der Waals surface area contributed by atoms with Crippen molar-refractivity contribution < 1.29 is 4.79 Å². The van der Waals surface area contributed by atoms with E-state index in [-0.39, 0.29) is 11.2 Å². The van der Waals surface area contributed by atoms with Crippen LogP contribution in [0.5, 0.6) is 0 Å². The van der Waals surface area contributed by atoms with Crippen LogP contribution in [0, 0.1) is 5.92 Å². The fourth-order valence-corrected chi connectivity index (χ4v) is 3.11. The Morgan fingerprint density at radius 1 is 0.900 bits per heavy atom. The van der Waals surface area contributed by atoms with Crippen LogP contribution in [0.25, 0.3) is 0 Å². The molecule has 2 aromatic carbocycles. The number of Topliss-reactive ketones (excluding diaryl/α,β-unsaturated/α-hetero) is 1. The molecule has 2 aromatic rings. The summed E-state index contributed by atoms with van der Waals surface area (Å²) in [6.45, 7) is 6.08. The Balaban J connectivity index is 2.66. The minimum atomic E-state index is -0.242. The van der Waals surface area contributed by atoms with Crippen LogP contribution in [0.3, 0.4) is 0 Å². The average Bonchev–Trinajstić information content (AvgIpc) is 2.46. The average molecular weight is 266 g/mol. The zero-order valence-electron chi connectivity index (χ0n) is 12.5. The Hall–Kier alpha value is -1.89. The van der Waals surface area contributed by atoms with Crippen molar-refractivity contribution in [2.45, 2.75) is 32.6 Å². The summed E-state index contributed by atoms with van der Waals surface area (Å²) in [6.07, 6.45) is 0.540. The maximum atomic E-state index is 11.9. The highest BCUT2D eigenvalue weighted by Crippen LogP contribution is 2.42. The van der Waals surface area contributed by atoms with Crippen LogP contribution in [-0.4, -0.2) is 5.78 Å². The molecule has 20 heavy (non-hydrogen) atoms. The maximum Gasteiger partial charge on any atom is 0.131 e. The minimum absolute atomic E-state index is 0.228. The summed E-state index contributed by atoms with van der Waals surface area (Å²) >= 11 is 0. The first kappa shape index (κ1) is 14.5. The van der Waals surface area contributed by atoms with Crippen LogP contribution in [0.2, 0.25) is 0 Å². The van der Waals surface area contributed by atoms with Crippen LogP contribution in [0.1, 0.15) is 38.3 Å². The number of carbonyl (C=O) groups is 1. The second-order valence-corrected chi connectivity index (χ2v) is 5.74. The van der Waals surface area contributed by atoms with Crippen LogP contribution in [0.4, 0.5) is 0 Å². The highest BCUT2D eigenvalue weighted by molar-refractivity contribution is 5.78. The molecule has 0 aliphatic heterocycles. The first-order valence-electron chi connectivity index (χ1n) is 7.18. The summed E-state index contributed by atoms with van der Waals surface area (Å²) in [5.41, 5.74) is 2.20. The third-order valence-electron chi connectivity index (χ3n) is 4.09. The van der Waals surface area contributed by atoms with Crippen molar-refractivity contribution in [1.29, 1.82) is 0 Å². The van der Waals surface area contributed by atoms with Crippen LogP contribution in [-0.2, 0) is 10.2 Å². The van der Waals surface area contributed by atoms with Gasteiger partial charge in [-0.2, -0.15) is 0 Å². The van der Waals surface area contributed by atoms with E-state index in [4.69, 9.17) is 0 Å². The number of benzene rings is 2. The lowest BCUT2D eigenvalue weighted by Crippen LogP contribution is -2.35. The predicted octanol–water partition coefficient (Wildman–Crippen LogP) is 4.61. The number of hydrogen-bond acceptors (Lipinski definition) is 1. The van der Waals surface area contributed by atoms with Gasteiger partial charge in [-0.3, -0.25) is 4.79 Å². The molecule has 0 saturated heterocycles. The Morgan fingerprint density at radius 3 is 1.60 bits per heavy atom. The lowest BCUT2D eigenvalue weighted by molar-refractivity contribution is -0.118. The molecule has 0 bridgehead atoms. The standard InChI is InChI=1S/C19H22O/c1-15(2)19(14-16(3)20,17-10-6-4-7-11-17)18-12-8-5-9-13-18/h4-13,15H,14H2,1-3H3. The van der Waals surface area contributed by atoms with Gasteiger partial charge in [0.2, 0.25) is 0 Å². The smallest absolute Gasteiger partial charge is 0.131 e. The summed E-state index contributed by atoms with van der Waals surface area (Å²) < 4.78 is 0. The van der Waals surface area contributed by atoms with Crippen molar-refractivity contribution in [2.75, 3.05) is 0 Å². The van der Waals surface area contributed by atoms with Gasteiger partial charge in [0.15, 0.2) is 0 Å². The molecule has 0 heterocycles. The first-order valence-corrected chi connectivity index (χ1v) is 7.18. The van der Waals surface area contributed by atoms with E-state index in [1.165, 1.54) is 11.1 Å². The second-order valence-electron chi connectivity index (χ2n) is 5.74. The van der Waals surface area contributed by atoms with Gasteiger partial charge in [0.1, 0.15) is 5.78 Å². The molecule has 104 valence electrons. The lowest BCUT2D eigenvalue weighted by atomic mass is 9.64. The quantitative estimate of drug-likeness (QED) is 0.772. The lowest BCUT2D eigenvalue weighted by Gasteiger charge is -2.38. The largest absolute Gasteiger partial charge is 0.300 e. The van der Waals surface area contributed by atoms with Crippen molar-refractivity contribution in [3.05, 3.63) is 71.8 Å². The number of ketones is 1. The summed E-state index contributed by atoms with van der Waals surface area (Å²) in [5.74, 6) is 0.572. The number of hydrogen-bond donors (Lipinski definition) is 0. The fourth-order valence-electron chi connectivity index (χ4n) is 3.11. The third-order valence-corrected chi connectivity index (χ3v) is 4.09. The fraction of sp³-hybridized carbons (Fsp3) is 0.316. The number of rotatable bonds is 5. The Labute approximate surface area is 121 Å². The summed E-state index contributed by atoms with van der Waals surface area (Å²) in [6, 6.07) is 20.8. The van der Waals surface area contributed by atoms with Gasteiger partial charge in [0, 0.05) is 11.8 Å². The molecule has 0 spiro atoms. The van der Waals surface area contributed by atoms with Gasteiger partial charge >= 0.3 is 0 Å². The molecule has 0 unspecified atom stereocenters. The molecule has 0 saturated carbocycles. The summed E-state index contributed by atoms with van der Waals surface area (Å²) in [5, 5.41) is 0. The van der Waals surface area contributed by atoms with Crippen molar-refractivity contribution in [2.24, 2.45) is 5.92 Å². The minimum Gasteiger partial charge on any atom is -0.300 e. The SMILES string of the molecule is CC(=O)CC(c1ccccc1)(c1ccccc1)C(C)C. The topological polar surface area (TPSA) is 17.1 Å². The molecule has 1 nitrogen and oxygen atoms in total. The van der Waals surface area contributed by atoms with Crippen molar-refractivity contribution in [1.82, 2.24) is 0 Å². The van der Waals surface area contributed by atoms with E-state index in [1.807, 2.05) is 12.1 Å². The van der Waals surface area contributed by atoms with Gasteiger partial charge < -0.3 is 0 Å². The molecule has 1 heteroatoms. The van der Waals surface area contributed by atoms with Gasteiger partial charge in [-0.1, -0.05) is 74.5 Å². The molecule has 2 rings (SSSR count). The monoisotopic (exact) mass is 266 g/mol. The van der Waals surface area contributed by atoms with Crippen LogP contribution >= 0.6 is 0 Å². The highest BCUT2D eigenvalue weighted by Gasteiger charge is 2.38. The van der Waals surface area contributed by atoms with E-state index in [9.17, 15) is 4.79 Å². The van der Waals surface area contributed by atoms with Gasteiger partial charge in [0.25, 0.3) is 0 Å². The molecular formula is C19H22O. The summed E-state index contributed by atoms with van der Waals surface area (Å²) in [7, 11) is 0. The van der Waals surface area contributed by atoms with E-state index >= 15 is 0 Å². The zero-order chi connectivity index (χ0) is 14.6. The second kappa shape index (κ2) is 6.04. The van der Waals surface area contributed by atoms with Crippen molar-refractivity contribution in [3.8, 4) is 0 Å². The molecule has 0 atom stereocenters. The van der Waals surface area contributed by atoms with Crippen molar-refractivity contribution >= 4 is 5.78 Å². The van der Waals surface area contributed by atoms with Gasteiger partial charge in [-0.15, -0.1) is 0 Å². The molecule has 0 aliphatic rings. The predicted molar refractivity (Wildman–Crippen MR) is 83.8 cm³/mol. The molecule has 0 fully saturated rings. The van der Waals surface area contributed by atoms with E-state index in [0.29, 0.717) is 12.3 Å². The molecule has 0 aromatic heterocycles. The van der Waals surface area contributed by atoms with Crippen LogP contribution in [0.15, 0.2) is 60.7 Å². The van der Waals surface area contributed by atoms with E-state index < -0.39 is 0 Å². The van der Waals surface area contributed by atoms with Crippen molar-refractivity contribution in [3.63, 3.8) is 0 Å². The molecular weight excluding hydrogens is 244 g/mol. The number of carbonyl (C=O) groups excluding carboxylic acids is 1. The van der Waals surface area contributed by atoms with Gasteiger partial charge in [0.05, 0.1) is 0 Å². The normalized spacial score (nSPS) is 11.6. The van der Waals surface area contributed by atoms with Gasteiger partial charge in [-0.05, 0) is 24.0 Å². The molecule has 0 amide bonds. The third kappa shape index (κ3) is 2.67. The Morgan fingerprint density at radius 2 is 1.30 bits per heavy atom.